The van der Waals surface area contributed by atoms with Crippen molar-refractivity contribution >= 4 is 23.4 Å². The molecule has 0 radical (unpaired) electrons. The second-order valence-corrected chi connectivity index (χ2v) is 4.94. The number of aromatic nitrogens is 1. The van der Waals surface area contributed by atoms with Crippen molar-refractivity contribution in [3.8, 4) is 0 Å². The molecule has 5 heteroatoms. The first-order valence-corrected chi connectivity index (χ1v) is 5.43. The van der Waals surface area contributed by atoms with Gasteiger partial charge in [-0.1, -0.05) is 18.7 Å². The average molecular weight is 226 g/mol. The molecule has 0 fully saturated rings. The number of anilines is 1. The van der Waals surface area contributed by atoms with Crippen LogP contribution in [0.5, 0.6) is 0 Å². The molecule has 0 aromatic carbocycles. The summed E-state index contributed by atoms with van der Waals surface area (Å²) in [7, 11) is 0. The van der Waals surface area contributed by atoms with Crippen LogP contribution in [0.2, 0.25) is 0 Å². The summed E-state index contributed by atoms with van der Waals surface area (Å²) in [5.41, 5.74) is 6.07. The van der Waals surface area contributed by atoms with Gasteiger partial charge in [0, 0.05) is 0 Å². The Hall–Kier alpha value is -1.23. The number of hydrogen-bond donors (Lipinski definition) is 2. The van der Waals surface area contributed by atoms with Crippen LogP contribution in [-0.2, 0) is 4.79 Å². The van der Waals surface area contributed by atoms with Crippen LogP contribution in [0.4, 0.5) is 5.69 Å². The van der Waals surface area contributed by atoms with Gasteiger partial charge < -0.3 is 10.8 Å². The second kappa shape index (κ2) is 4.53. The number of carboxylic acid groups (broad SMARTS) is 1. The minimum absolute atomic E-state index is 0.541. The quantitative estimate of drug-likeness (QED) is 0.768. The van der Waals surface area contributed by atoms with Gasteiger partial charge in [0.15, 0.2) is 0 Å². The van der Waals surface area contributed by atoms with Crippen LogP contribution in [0.3, 0.4) is 0 Å². The fourth-order valence-electron chi connectivity index (χ4n) is 0.950. The van der Waals surface area contributed by atoms with Gasteiger partial charge in [-0.15, -0.1) is 0 Å². The highest BCUT2D eigenvalue weighted by molar-refractivity contribution is 8.01. The van der Waals surface area contributed by atoms with Crippen molar-refractivity contribution in [3.63, 3.8) is 0 Å². The molecule has 0 aliphatic carbocycles. The van der Waals surface area contributed by atoms with Crippen LogP contribution in [0, 0.1) is 0 Å². The van der Waals surface area contributed by atoms with Gasteiger partial charge in [0.2, 0.25) is 0 Å². The van der Waals surface area contributed by atoms with E-state index in [4.69, 9.17) is 10.8 Å². The van der Waals surface area contributed by atoms with Crippen LogP contribution in [0.1, 0.15) is 20.3 Å². The number of nitrogens with zero attached hydrogens (tertiary/aromatic N) is 1. The molecule has 4 nitrogen and oxygen atoms in total. The Morgan fingerprint density at radius 3 is 2.73 bits per heavy atom. The largest absolute Gasteiger partial charge is 0.480 e. The fraction of sp³-hybridized carbons (Fsp3) is 0.400. The maximum absolute atomic E-state index is 11.1. The molecule has 1 atom stereocenters. The third-order valence-electron chi connectivity index (χ3n) is 2.22. The second-order valence-electron chi connectivity index (χ2n) is 3.42. The van der Waals surface area contributed by atoms with Crippen molar-refractivity contribution in [3.05, 3.63) is 18.3 Å². The Morgan fingerprint density at radius 1 is 1.67 bits per heavy atom. The molecule has 1 unspecified atom stereocenters. The molecule has 0 saturated carbocycles. The van der Waals surface area contributed by atoms with E-state index in [1.807, 2.05) is 6.92 Å². The van der Waals surface area contributed by atoms with Crippen molar-refractivity contribution in [2.24, 2.45) is 0 Å². The lowest BCUT2D eigenvalue weighted by Crippen LogP contribution is -2.30. The van der Waals surface area contributed by atoms with E-state index >= 15 is 0 Å². The zero-order valence-corrected chi connectivity index (χ0v) is 9.54. The summed E-state index contributed by atoms with van der Waals surface area (Å²) in [6, 6.07) is 3.45. The first kappa shape index (κ1) is 11.8. The number of thioether (sulfide) groups is 1. The first-order valence-electron chi connectivity index (χ1n) is 4.62. The Kier molecular flexibility index (Phi) is 3.57. The first-order chi connectivity index (χ1) is 6.98. The fourth-order valence-corrected chi connectivity index (χ4v) is 1.88. The van der Waals surface area contributed by atoms with Crippen molar-refractivity contribution < 1.29 is 9.90 Å². The van der Waals surface area contributed by atoms with Crippen LogP contribution in [0.15, 0.2) is 23.4 Å². The number of hydrogen-bond acceptors (Lipinski definition) is 4. The predicted molar refractivity (Wildman–Crippen MR) is 60.8 cm³/mol. The lowest BCUT2D eigenvalue weighted by molar-refractivity contribution is -0.139. The molecule has 15 heavy (non-hydrogen) atoms. The summed E-state index contributed by atoms with van der Waals surface area (Å²) >= 11 is 1.24. The molecule has 1 rings (SSSR count). The van der Waals surface area contributed by atoms with Crippen molar-refractivity contribution in [1.29, 1.82) is 0 Å². The molecule has 0 aliphatic rings. The lowest BCUT2D eigenvalue weighted by Gasteiger charge is -2.21. The van der Waals surface area contributed by atoms with E-state index in [9.17, 15) is 4.79 Å². The number of carbonyl (C=O) groups is 1. The molecule has 1 aromatic heterocycles. The van der Waals surface area contributed by atoms with Gasteiger partial charge in [0.05, 0.1) is 16.9 Å². The minimum Gasteiger partial charge on any atom is -0.480 e. The summed E-state index contributed by atoms with van der Waals surface area (Å²) in [4.78, 5) is 15.1. The zero-order valence-electron chi connectivity index (χ0n) is 8.73. The molecule has 82 valence electrons. The van der Waals surface area contributed by atoms with E-state index < -0.39 is 10.7 Å². The molecule has 0 spiro atoms. The van der Waals surface area contributed by atoms with Crippen LogP contribution < -0.4 is 5.73 Å². The Labute approximate surface area is 92.9 Å². The van der Waals surface area contributed by atoms with Crippen LogP contribution >= 0.6 is 11.8 Å². The normalized spacial score (nSPS) is 14.5. The molecule has 3 N–H and O–H groups in total. The Balaban J connectivity index is 2.84. The van der Waals surface area contributed by atoms with Crippen LogP contribution in [-0.4, -0.2) is 20.8 Å². The van der Waals surface area contributed by atoms with Crippen molar-refractivity contribution in [2.75, 3.05) is 5.73 Å². The molecular weight excluding hydrogens is 212 g/mol. The van der Waals surface area contributed by atoms with Gasteiger partial charge in [-0.2, -0.15) is 0 Å². The summed E-state index contributed by atoms with van der Waals surface area (Å²) < 4.78 is -0.830. The van der Waals surface area contributed by atoms with Crippen LogP contribution in [0.25, 0.3) is 0 Å². The number of nitrogens with two attached hydrogens (primary N) is 1. The van der Waals surface area contributed by atoms with E-state index in [2.05, 4.69) is 4.98 Å². The standard InChI is InChI=1S/C10H14N2O2S/c1-3-10(2,9(13)14)15-8-5-4-7(11)6-12-8/h4-6H,3,11H2,1-2H3,(H,13,14). The molecule has 0 aliphatic heterocycles. The zero-order chi connectivity index (χ0) is 11.5. The van der Waals surface area contributed by atoms with E-state index in [0.717, 1.165) is 0 Å². The number of rotatable bonds is 4. The lowest BCUT2D eigenvalue weighted by atomic mass is 10.1. The van der Waals surface area contributed by atoms with Gasteiger partial charge in [0.1, 0.15) is 4.75 Å². The highest BCUT2D eigenvalue weighted by Gasteiger charge is 2.32. The predicted octanol–water partition coefficient (Wildman–Crippen LogP) is 2.01. The topological polar surface area (TPSA) is 76.2 Å². The van der Waals surface area contributed by atoms with E-state index in [1.165, 1.54) is 18.0 Å². The van der Waals surface area contributed by atoms with Gasteiger partial charge in [-0.25, -0.2) is 4.98 Å². The Bertz CT molecular complexity index is 353. The third kappa shape index (κ3) is 2.86. The van der Waals surface area contributed by atoms with Crippen molar-refractivity contribution in [2.45, 2.75) is 30.0 Å². The van der Waals surface area contributed by atoms with E-state index in [-0.39, 0.29) is 0 Å². The van der Waals surface area contributed by atoms with Gasteiger partial charge in [-0.05, 0) is 25.5 Å². The number of carboxylic acids is 1. The van der Waals surface area contributed by atoms with Gasteiger partial charge in [-0.3, -0.25) is 4.79 Å². The molecule has 0 bridgehead atoms. The minimum atomic E-state index is -0.830. The molecule has 0 saturated heterocycles. The van der Waals surface area contributed by atoms with Crippen molar-refractivity contribution in [1.82, 2.24) is 4.98 Å². The smallest absolute Gasteiger partial charge is 0.319 e. The summed E-state index contributed by atoms with van der Waals surface area (Å²) in [5, 5.41) is 9.75. The SMILES string of the molecule is CCC(C)(Sc1ccc(N)cn1)C(=O)O. The number of pyridine rings is 1. The molecular formula is C10H14N2O2S. The number of nitrogen functional groups attached to an aromatic ring is 1. The monoisotopic (exact) mass is 226 g/mol. The highest BCUT2D eigenvalue weighted by Crippen LogP contribution is 2.34. The maximum Gasteiger partial charge on any atom is 0.319 e. The maximum atomic E-state index is 11.1. The van der Waals surface area contributed by atoms with Gasteiger partial charge >= 0.3 is 5.97 Å². The van der Waals surface area contributed by atoms with E-state index in [0.29, 0.717) is 17.1 Å². The number of aliphatic carboxylic acids is 1. The summed E-state index contributed by atoms with van der Waals surface area (Å²) in [6.45, 7) is 3.54. The molecule has 0 amide bonds. The Morgan fingerprint density at radius 2 is 2.33 bits per heavy atom. The summed E-state index contributed by atoms with van der Waals surface area (Å²) in [6.07, 6.45) is 2.07. The molecule has 1 heterocycles. The third-order valence-corrected chi connectivity index (χ3v) is 3.58. The highest BCUT2D eigenvalue weighted by atomic mass is 32.2. The van der Waals surface area contributed by atoms with E-state index in [1.54, 1.807) is 19.1 Å². The summed E-state index contributed by atoms with van der Waals surface area (Å²) in [5.74, 6) is -0.825. The average Bonchev–Trinajstić information content (AvgIpc) is 2.21. The molecule has 1 aromatic rings. The van der Waals surface area contributed by atoms with Gasteiger partial charge in [0.25, 0.3) is 0 Å².